The van der Waals surface area contributed by atoms with Crippen molar-refractivity contribution in [2.45, 2.75) is 37.6 Å². The average Bonchev–Trinajstić information content (AvgIpc) is 3.37. The first kappa shape index (κ1) is 17.0. The van der Waals surface area contributed by atoms with Crippen LogP contribution in [-0.2, 0) is 4.74 Å². The van der Waals surface area contributed by atoms with E-state index >= 15 is 0 Å². The number of hydrogen-bond acceptors (Lipinski definition) is 7. The van der Waals surface area contributed by atoms with Gasteiger partial charge in [0.2, 0.25) is 11.8 Å². The van der Waals surface area contributed by atoms with Gasteiger partial charge in [-0.2, -0.15) is 4.98 Å². The Hall–Kier alpha value is -2.48. The molecule has 2 aromatic heterocycles. The van der Waals surface area contributed by atoms with Gasteiger partial charge >= 0.3 is 0 Å². The predicted molar refractivity (Wildman–Crippen MR) is 90.9 cm³/mol. The average molecular weight is 358 g/mol. The van der Waals surface area contributed by atoms with Gasteiger partial charge in [0.05, 0.1) is 12.7 Å². The van der Waals surface area contributed by atoms with Crippen LogP contribution in [0.3, 0.4) is 0 Å². The molecule has 1 atom stereocenters. The fourth-order valence-corrected chi connectivity index (χ4v) is 3.56. The normalized spacial score (nSPS) is 21.1. The van der Waals surface area contributed by atoms with Crippen molar-refractivity contribution in [2.24, 2.45) is 0 Å². The maximum atomic E-state index is 12.9. The summed E-state index contributed by atoms with van der Waals surface area (Å²) in [5.41, 5.74) is 0.530. The quantitative estimate of drug-likeness (QED) is 0.828. The van der Waals surface area contributed by atoms with Crippen molar-refractivity contribution in [3.8, 4) is 5.88 Å². The van der Waals surface area contributed by atoms with Gasteiger partial charge in [0.15, 0.2) is 5.82 Å². The van der Waals surface area contributed by atoms with Crippen molar-refractivity contribution < 1.29 is 18.8 Å². The van der Waals surface area contributed by atoms with E-state index in [9.17, 15) is 4.79 Å². The van der Waals surface area contributed by atoms with Crippen molar-refractivity contribution in [3.05, 3.63) is 35.6 Å². The molecule has 0 aromatic carbocycles. The third kappa shape index (κ3) is 3.29. The molecule has 1 amide bonds. The minimum absolute atomic E-state index is 0.0755. The molecule has 0 spiro atoms. The van der Waals surface area contributed by atoms with E-state index in [0.29, 0.717) is 23.9 Å². The molecule has 2 aromatic rings. The van der Waals surface area contributed by atoms with E-state index in [1.165, 1.54) is 6.20 Å². The highest BCUT2D eigenvalue weighted by Crippen LogP contribution is 2.34. The molecule has 0 radical (unpaired) electrons. The molecular weight excluding hydrogens is 336 g/mol. The lowest BCUT2D eigenvalue weighted by atomic mass is 10.00. The van der Waals surface area contributed by atoms with Gasteiger partial charge in [-0.05, 0) is 31.7 Å². The number of nitrogens with zero attached hydrogens (tertiary/aromatic N) is 4. The molecule has 26 heavy (non-hydrogen) atoms. The van der Waals surface area contributed by atoms with Crippen LogP contribution in [0.1, 0.15) is 59.7 Å². The van der Waals surface area contributed by atoms with E-state index in [-0.39, 0.29) is 17.9 Å². The number of pyridine rings is 1. The van der Waals surface area contributed by atoms with Crippen LogP contribution in [0.2, 0.25) is 0 Å². The first-order valence-corrected chi connectivity index (χ1v) is 8.98. The smallest absolute Gasteiger partial charge is 0.256 e. The zero-order chi connectivity index (χ0) is 17.9. The van der Waals surface area contributed by atoms with Crippen LogP contribution < -0.4 is 4.74 Å². The molecule has 0 saturated carbocycles. The summed E-state index contributed by atoms with van der Waals surface area (Å²) in [6.07, 6.45) is 5.09. The Morgan fingerprint density at radius 2 is 2.12 bits per heavy atom. The summed E-state index contributed by atoms with van der Waals surface area (Å²) >= 11 is 0. The lowest BCUT2D eigenvalue weighted by Crippen LogP contribution is -2.30. The second-order valence-electron chi connectivity index (χ2n) is 6.62. The molecule has 2 aliphatic heterocycles. The second-order valence-corrected chi connectivity index (χ2v) is 6.62. The molecule has 4 heterocycles. The predicted octanol–water partition coefficient (Wildman–Crippen LogP) is 2.34. The summed E-state index contributed by atoms with van der Waals surface area (Å²) in [5, 5.41) is 4.17. The van der Waals surface area contributed by atoms with Crippen molar-refractivity contribution in [1.29, 1.82) is 0 Å². The number of methoxy groups -OCH3 is 1. The molecule has 0 N–H and O–H groups in total. The van der Waals surface area contributed by atoms with Crippen LogP contribution in [0.5, 0.6) is 5.88 Å². The molecule has 8 nitrogen and oxygen atoms in total. The number of ether oxygens (including phenoxy) is 2. The molecule has 2 saturated heterocycles. The van der Waals surface area contributed by atoms with Crippen molar-refractivity contribution >= 4 is 5.91 Å². The van der Waals surface area contributed by atoms with Crippen molar-refractivity contribution in [3.63, 3.8) is 0 Å². The van der Waals surface area contributed by atoms with Crippen molar-refractivity contribution in [1.82, 2.24) is 20.0 Å². The molecular formula is C18H22N4O4. The van der Waals surface area contributed by atoms with Gasteiger partial charge in [-0.25, -0.2) is 4.98 Å². The van der Waals surface area contributed by atoms with Crippen LogP contribution in [0, 0.1) is 0 Å². The van der Waals surface area contributed by atoms with Crippen molar-refractivity contribution in [2.75, 3.05) is 26.9 Å². The summed E-state index contributed by atoms with van der Waals surface area (Å²) < 4.78 is 16.0. The Bertz CT molecular complexity index is 755. The Balaban J connectivity index is 1.50. The number of rotatable bonds is 4. The first-order chi connectivity index (χ1) is 12.8. The van der Waals surface area contributed by atoms with Gasteiger partial charge in [-0.1, -0.05) is 5.16 Å². The van der Waals surface area contributed by atoms with E-state index in [4.69, 9.17) is 14.0 Å². The minimum atomic E-state index is -0.175. The largest absolute Gasteiger partial charge is 0.481 e. The maximum absolute atomic E-state index is 12.9. The standard InChI is InChI=1S/C18H22N4O4/c1-24-15-5-4-13(11-19-15)18(23)22-8-2-3-14(22)17-20-16(21-26-17)12-6-9-25-10-7-12/h4-5,11-12,14H,2-3,6-10H2,1H3. The molecule has 2 fully saturated rings. The zero-order valence-electron chi connectivity index (χ0n) is 14.8. The summed E-state index contributed by atoms with van der Waals surface area (Å²) in [6.45, 7) is 2.13. The van der Waals surface area contributed by atoms with Crippen LogP contribution in [0.25, 0.3) is 0 Å². The van der Waals surface area contributed by atoms with E-state index in [1.54, 1.807) is 24.1 Å². The monoisotopic (exact) mass is 358 g/mol. The van der Waals surface area contributed by atoms with Crippen LogP contribution >= 0.6 is 0 Å². The van der Waals surface area contributed by atoms with Gasteiger partial charge in [0.25, 0.3) is 5.91 Å². The Morgan fingerprint density at radius 3 is 2.85 bits per heavy atom. The lowest BCUT2D eigenvalue weighted by molar-refractivity contribution is 0.0709. The lowest BCUT2D eigenvalue weighted by Gasteiger charge is -2.22. The summed E-state index contributed by atoms with van der Waals surface area (Å²) in [4.78, 5) is 23.4. The minimum Gasteiger partial charge on any atom is -0.481 e. The fraction of sp³-hybridized carbons (Fsp3) is 0.556. The fourth-order valence-electron chi connectivity index (χ4n) is 3.56. The molecule has 1 unspecified atom stereocenters. The molecule has 138 valence electrons. The molecule has 4 rings (SSSR count). The van der Waals surface area contributed by atoms with Gasteiger partial charge in [-0.15, -0.1) is 0 Å². The highest BCUT2D eigenvalue weighted by atomic mass is 16.5. The number of carbonyl (C=O) groups excluding carboxylic acids is 1. The number of hydrogen-bond donors (Lipinski definition) is 0. The Labute approximate surface area is 151 Å². The summed E-state index contributed by atoms with van der Waals surface area (Å²) in [5.74, 6) is 1.94. The molecule has 0 aliphatic carbocycles. The van der Waals surface area contributed by atoms with E-state index in [2.05, 4.69) is 15.1 Å². The SMILES string of the molecule is COc1ccc(C(=O)N2CCCC2c2nc(C3CCOCC3)no2)cn1. The van der Waals surface area contributed by atoms with Gasteiger partial charge in [0, 0.05) is 37.9 Å². The number of aromatic nitrogens is 3. The number of amides is 1. The van der Waals surface area contributed by atoms with Gasteiger partial charge in [0.1, 0.15) is 6.04 Å². The first-order valence-electron chi connectivity index (χ1n) is 8.98. The second kappa shape index (κ2) is 7.41. The van der Waals surface area contributed by atoms with Crippen LogP contribution in [-0.4, -0.2) is 52.8 Å². The Kier molecular flexibility index (Phi) is 4.83. The topological polar surface area (TPSA) is 90.6 Å². The highest BCUT2D eigenvalue weighted by Gasteiger charge is 2.35. The summed E-state index contributed by atoms with van der Waals surface area (Å²) in [7, 11) is 1.55. The third-order valence-corrected chi connectivity index (χ3v) is 5.04. The van der Waals surface area contributed by atoms with E-state index in [0.717, 1.165) is 44.7 Å². The third-order valence-electron chi connectivity index (χ3n) is 5.04. The maximum Gasteiger partial charge on any atom is 0.256 e. The van der Waals surface area contributed by atoms with Crippen LogP contribution in [0.4, 0.5) is 0 Å². The molecule has 0 bridgehead atoms. The zero-order valence-corrected chi connectivity index (χ0v) is 14.8. The van der Waals surface area contributed by atoms with E-state index < -0.39 is 0 Å². The van der Waals surface area contributed by atoms with Gasteiger partial charge < -0.3 is 18.9 Å². The molecule has 8 heteroatoms. The number of likely N-dealkylation sites (tertiary alicyclic amines) is 1. The number of carbonyl (C=O) groups is 1. The highest BCUT2D eigenvalue weighted by molar-refractivity contribution is 5.94. The van der Waals surface area contributed by atoms with E-state index in [1.807, 2.05) is 0 Å². The van der Waals surface area contributed by atoms with Gasteiger partial charge in [-0.3, -0.25) is 4.79 Å². The Morgan fingerprint density at radius 1 is 1.27 bits per heavy atom. The van der Waals surface area contributed by atoms with Crippen LogP contribution in [0.15, 0.2) is 22.9 Å². The summed E-state index contributed by atoms with van der Waals surface area (Å²) in [6, 6.07) is 3.24. The molecule has 2 aliphatic rings.